The largest absolute Gasteiger partial charge is 0.340 e. The number of fused-ring (bicyclic) bond motifs is 4. The predicted molar refractivity (Wildman–Crippen MR) is 167 cm³/mol. The minimum atomic E-state index is -0.252. The van der Waals surface area contributed by atoms with E-state index in [4.69, 9.17) is 0 Å². The van der Waals surface area contributed by atoms with Crippen molar-refractivity contribution in [2.45, 2.75) is 45.8 Å². The Morgan fingerprint density at radius 3 is 2.86 bits per heavy atom. The van der Waals surface area contributed by atoms with Gasteiger partial charge in [-0.2, -0.15) is 5.10 Å². The lowest BCUT2D eigenvalue weighted by molar-refractivity contribution is -0.126. The SMILES string of the molecule is CN(C/C=C/C(=O)N1CCc2c(sc3ncnc(Nc4ccc5c(cnn5Cc5cccc(F)c5)c4)c23)C1)C(C)(C)C. The number of nitrogens with zero attached hydrogens (tertiary/aromatic N) is 6. The fraction of sp³-hybridized carbons (Fsp3) is 0.312. The highest BCUT2D eigenvalue weighted by Gasteiger charge is 2.26. The topological polar surface area (TPSA) is 79.2 Å². The molecule has 8 nitrogen and oxygen atoms in total. The molecular weight excluding hydrogens is 549 g/mol. The first kappa shape index (κ1) is 28.0. The Morgan fingerprint density at radius 2 is 2.05 bits per heavy atom. The summed E-state index contributed by atoms with van der Waals surface area (Å²) in [4.78, 5) is 28.3. The average molecular weight is 584 g/mol. The molecule has 0 spiro atoms. The molecule has 0 bridgehead atoms. The first-order chi connectivity index (χ1) is 20.2. The molecular formula is C32H34FN7OS. The second-order valence-corrected chi connectivity index (χ2v) is 12.8. The number of nitrogens with one attached hydrogen (secondary N) is 1. The molecule has 0 unspecified atom stereocenters. The van der Waals surface area contributed by atoms with Gasteiger partial charge in [-0.1, -0.05) is 18.2 Å². The van der Waals surface area contributed by atoms with Crippen molar-refractivity contribution in [1.82, 2.24) is 29.5 Å². The van der Waals surface area contributed by atoms with Gasteiger partial charge in [-0.25, -0.2) is 14.4 Å². The Bertz CT molecular complexity index is 1800. The zero-order valence-electron chi connectivity index (χ0n) is 24.3. The molecule has 1 amide bonds. The molecule has 1 aliphatic heterocycles. The maximum atomic E-state index is 13.6. The van der Waals surface area contributed by atoms with E-state index in [1.54, 1.807) is 29.8 Å². The van der Waals surface area contributed by atoms with Crippen LogP contribution in [0.15, 0.2) is 67.1 Å². The number of likely N-dealkylation sites (N-methyl/N-ethyl adjacent to an activating group) is 1. The Labute approximate surface area is 248 Å². The molecule has 0 aliphatic carbocycles. The van der Waals surface area contributed by atoms with Gasteiger partial charge in [0.1, 0.15) is 22.8 Å². The van der Waals surface area contributed by atoms with Crippen LogP contribution in [0.2, 0.25) is 0 Å². The Kier molecular flexibility index (Phi) is 7.51. The van der Waals surface area contributed by atoms with Crippen LogP contribution in [0, 0.1) is 5.82 Å². The molecule has 4 heterocycles. The molecule has 0 radical (unpaired) electrons. The average Bonchev–Trinajstić information content (AvgIpc) is 3.53. The number of aromatic nitrogens is 4. The molecule has 0 fully saturated rings. The van der Waals surface area contributed by atoms with Crippen molar-refractivity contribution in [1.29, 1.82) is 0 Å². The first-order valence-corrected chi connectivity index (χ1v) is 14.9. The third-order valence-electron chi connectivity index (χ3n) is 7.86. The molecule has 0 saturated heterocycles. The van der Waals surface area contributed by atoms with Gasteiger partial charge in [0.25, 0.3) is 0 Å². The number of carbonyl (C=O) groups is 1. The number of benzene rings is 2. The van der Waals surface area contributed by atoms with Gasteiger partial charge in [0.15, 0.2) is 0 Å². The standard InChI is InChI=1S/C32H34FN7OS/c1-32(2,3)38(4)13-6-9-28(41)39-14-12-25-27(19-39)42-31-29(25)30(34-20-35-31)37-24-10-11-26-22(16-24)17-36-40(26)18-21-7-5-8-23(33)15-21/h5-11,15-17,20H,12-14,18-19H2,1-4H3,(H,34,35,37)/b9-6+. The summed E-state index contributed by atoms with van der Waals surface area (Å²) in [7, 11) is 2.06. The second kappa shape index (κ2) is 11.3. The Hall–Kier alpha value is -4.15. The highest BCUT2D eigenvalue weighted by molar-refractivity contribution is 7.19. The van der Waals surface area contributed by atoms with Crippen LogP contribution in [0.3, 0.4) is 0 Å². The summed E-state index contributed by atoms with van der Waals surface area (Å²) in [5.74, 6) is 0.544. The van der Waals surface area contributed by atoms with Crippen LogP contribution in [0.1, 0.15) is 36.8 Å². The third kappa shape index (κ3) is 5.77. The molecule has 1 N–H and O–H groups in total. The fourth-order valence-corrected chi connectivity index (χ4v) is 6.34. The lowest BCUT2D eigenvalue weighted by Crippen LogP contribution is -2.38. The Morgan fingerprint density at radius 1 is 1.19 bits per heavy atom. The molecule has 0 saturated carbocycles. The van der Waals surface area contributed by atoms with Crippen molar-refractivity contribution in [2.24, 2.45) is 0 Å². The number of halogens is 1. The van der Waals surface area contributed by atoms with E-state index in [0.717, 1.165) is 56.0 Å². The van der Waals surface area contributed by atoms with E-state index in [1.165, 1.54) is 17.7 Å². The maximum absolute atomic E-state index is 13.6. The highest BCUT2D eigenvalue weighted by atomic mass is 32.1. The van der Waals surface area contributed by atoms with Crippen molar-refractivity contribution in [2.75, 3.05) is 25.5 Å². The molecule has 1 aliphatic rings. The second-order valence-electron chi connectivity index (χ2n) is 11.7. The summed E-state index contributed by atoms with van der Waals surface area (Å²) in [6.45, 7) is 8.92. The molecule has 2 aromatic carbocycles. The number of amides is 1. The lowest BCUT2D eigenvalue weighted by Gasteiger charge is -2.31. The molecule has 6 rings (SSSR count). The van der Waals surface area contributed by atoms with Crippen molar-refractivity contribution < 1.29 is 9.18 Å². The lowest BCUT2D eigenvalue weighted by atomic mass is 10.0. The van der Waals surface area contributed by atoms with Crippen LogP contribution in [0.25, 0.3) is 21.1 Å². The van der Waals surface area contributed by atoms with E-state index in [0.29, 0.717) is 19.6 Å². The van der Waals surface area contributed by atoms with E-state index in [1.807, 2.05) is 46.1 Å². The number of rotatable bonds is 7. The van der Waals surface area contributed by atoms with Gasteiger partial charge in [-0.3, -0.25) is 14.4 Å². The van der Waals surface area contributed by atoms with Crippen LogP contribution >= 0.6 is 11.3 Å². The number of anilines is 2. The summed E-state index contributed by atoms with van der Waals surface area (Å²) in [6.07, 6.45) is 7.81. The van der Waals surface area contributed by atoms with E-state index in [2.05, 4.69) is 53.1 Å². The maximum Gasteiger partial charge on any atom is 0.246 e. The van der Waals surface area contributed by atoms with Crippen LogP contribution in [-0.2, 0) is 24.3 Å². The summed E-state index contributed by atoms with van der Waals surface area (Å²) < 4.78 is 15.5. The van der Waals surface area contributed by atoms with Crippen molar-refractivity contribution in [3.8, 4) is 0 Å². The first-order valence-electron chi connectivity index (χ1n) is 14.0. The van der Waals surface area contributed by atoms with Crippen molar-refractivity contribution in [3.05, 3.63) is 89.0 Å². The van der Waals surface area contributed by atoms with Gasteiger partial charge < -0.3 is 10.2 Å². The van der Waals surface area contributed by atoms with E-state index in [9.17, 15) is 9.18 Å². The van der Waals surface area contributed by atoms with Crippen LogP contribution in [-0.4, -0.2) is 61.1 Å². The van der Waals surface area contributed by atoms with Crippen LogP contribution in [0.5, 0.6) is 0 Å². The minimum absolute atomic E-state index is 0.0381. The third-order valence-corrected chi connectivity index (χ3v) is 8.98. The van der Waals surface area contributed by atoms with Gasteiger partial charge >= 0.3 is 0 Å². The molecule has 216 valence electrons. The summed E-state index contributed by atoms with van der Waals surface area (Å²) in [5.41, 5.74) is 3.98. The smallest absolute Gasteiger partial charge is 0.246 e. The molecule has 42 heavy (non-hydrogen) atoms. The summed E-state index contributed by atoms with van der Waals surface area (Å²) in [5, 5.41) is 10.0. The van der Waals surface area contributed by atoms with E-state index in [-0.39, 0.29) is 17.3 Å². The van der Waals surface area contributed by atoms with Crippen LogP contribution < -0.4 is 5.32 Å². The number of carbonyl (C=O) groups excluding carboxylic acids is 1. The fourth-order valence-electron chi connectivity index (χ4n) is 5.14. The normalized spacial score (nSPS) is 13.9. The van der Waals surface area contributed by atoms with Crippen molar-refractivity contribution >= 4 is 49.9 Å². The Balaban J connectivity index is 1.19. The van der Waals surface area contributed by atoms with Gasteiger partial charge in [0.05, 0.1) is 30.2 Å². The van der Waals surface area contributed by atoms with Gasteiger partial charge in [-0.15, -0.1) is 11.3 Å². The molecule has 3 aromatic heterocycles. The van der Waals surface area contributed by atoms with Crippen LogP contribution in [0.4, 0.5) is 15.9 Å². The molecule has 0 atom stereocenters. The highest BCUT2D eigenvalue weighted by Crippen LogP contribution is 2.38. The van der Waals surface area contributed by atoms with Gasteiger partial charge in [-0.05, 0) is 75.7 Å². The monoisotopic (exact) mass is 583 g/mol. The zero-order chi connectivity index (χ0) is 29.4. The number of hydrogen-bond acceptors (Lipinski definition) is 7. The predicted octanol–water partition coefficient (Wildman–Crippen LogP) is 6.14. The molecule has 10 heteroatoms. The minimum Gasteiger partial charge on any atom is -0.340 e. The number of hydrogen-bond donors (Lipinski definition) is 1. The number of thiophene rings is 1. The summed E-state index contributed by atoms with van der Waals surface area (Å²) in [6, 6.07) is 12.6. The quantitative estimate of drug-likeness (QED) is 0.232. The summed E-state index contributed by atoms with van der Waals surface area (Å²) >= 11 is 1.63. The molecule has 5 aromatic rings. The van der Waals surface area contributed by atoms with Gasteiger partial charge in [0, 0.05) is 40.7 Å². The van der Waals surface area contributed by atoms with Crippen molar-refractivity contribution in [3.63, 3.8) is 0 Å². The zero-order valence-corrected chi connectivity index (χ0v) is 25.1. The van der Waals surface area contributed by atoms with Gasteiger partial charge in [0.2, 0.25) is 5.91 Å². The van der Waals surface area contributed by atoms with E-state index < -0.39 is 0 Å². The van der Waals surface area contributed by atoms with E-state index >= 15 is 0 Å².